The summed E-state index contributed by atoms with van der Waals surface area (Å²) < 4.78 is 9.96. The summed E-state index contributed by atoms with van der Waals surface area (Å²) in [5.41, 5.74) is -0.552. The van der Waals surface area contributed by atoms with Gasteiger partial charge in [0.05, 0.1) is 13.2 Å². The lowest BCUT2D eigenvalue weighted by molar-refractivity contribution is -0.0235. The number of ether oxygens (including phenoxy) is 2. The third-order valence-corrected chi connectivity index (χ3v) is 2.98. The summed E-state index contributed by atoms with van der Waals surface area (Å²) in [6, 6.07) is 7.16. The van der Waals surface area contributed by atoms with Gasteiger partial charge in [0, 0.05) is 14.2 Å². The van der Waals surface area contributed by atoms with Crippen molar-refractivity contribution in [3.8, 4) is 0 Å². The topological polar surface area (TPSA) is 58.9 Å². The van der Waals surface area contributed by atoms with Gasteiger partial charge < -0.3 is 19.7 Å². The minimum atomic E-state index is -1.03. The highest BCUT2D eigenvalue weighted by Gasteiger charge is 2.26. The van der Waals surface area contributed by atoms with Gasteiger partial charge in [-0.05, 0) is 25.0 Å². The second kappa shape index (κ2) is 8.37. The first-order valence-corrected chi connectivity index (χ1v) is 6.87. The van der Waals surface area contributed by atoms with Gasteiger partial charge in [-0.25, -0.2) is 0 Å². The molecule has 2 atom stereocenters. The van der Waals surface area contributed by atoms with Crippen LogP contribution in [0.4, 0.5) is 0 Å². The molecule has 4 nitrogen and oxygen atoms in total. The quantitative estimate of drug-likeness (QED) is 0.842. The van der Waals surface area contributed by atoms with Gasteiger partial charge in [0.25, 0.3) is 0 Å². The molecule has 2 unspecified atom stereocenters. The number of aliphatic hydroxyl groups is 2. The Kier molecular flexibility index (Phi) is 7.98. The maximum Gasteiger partial charge on any atom is 0.110 e. The summed E-state index contributed by atoms with van der Waals surface area (Å²) in [5.74, 6) is 0. The molecule has 0 aliphatic rings. The molecular formula is C16H28O4. The van der Waals surface area contributed by atoms with E-state index in [1.165, 1.54) is 0 Å². The van der Waals surface area contributed by atoms with E-state index in [9.17, 15) is 10.2 Å². The van der Waals surface area contributed by atoms with Gasteiger partial charge in [0.15, 0.2) is 0 Å². The highest BCUT2D eigenvalue weighted by atomic mass is 16.5. The van der Waals surface area contributed by atoms with Crippen molar-refractivity contribution in [1.29, 1.82) is 0 Å². The summed E-state index contributed by atoms with van der Waals surface area (Å²) in [6.07, 6.45) is 0. The van der Waals surface area contributed by atoms with Crippen molar-refractivity contribution in [2.75, 3.05) is 27.4 Å². The third-order valence-electron chi connectivity index (χ3n) is 2.98. The first-order chi connectivity index (χ1) is 9.33. The fraction of sp³-hybridized carbons (Fsp3) is 0.625. The molecule has 0 heterocycles. The van der Waals surface area contributed by atoms with Crippen molar-refractivity contribution in [2.45, 2.75) is 38.9 Å². The minimum Gasteiger partial charge on any atom is -0.383 e. The molecule has 0 aliphatic heterocycles. The molecule has 20 heavy (non-hydrogen) atoms. The zero-order chi connectivity index (χ0) is 15.8. The second-order valence-electron chi connectivity index (χ2n) is 4.99. The lowest BCUT2D eigenvalue weighted by atomic mass is 9.91. The highest BCUT2D eigenvalue weighted by Crippen LogP contribution is 2.25. The number of methoxy groups -OCH3 is 2. The van der Waals surface area contributed by atoms with Crippen molar-refractivity contribution in [1.82, 2.24) is 0 Å². The van der Waals surface area contributed by atoms with Crippen LogP contribution in [0, 0.1) is 0 Å². The Bertz CT molecular complexity index is 332. The Morgan fingerprint density at radius 1 is 0.800 bits per heavy atom. The standard InChI is InChI=1S/C14H22O4.C2H6/c1-13(15,9-17-3)11-5-7-12(8-6-11)14(2,16)10-18-4;1-2/h5-8,15-16H,9-10H2,1-4H3;1-2H3. The van der Waals surface area contributed by atoms with Crippen LogP contribution in [0.15, 0.2) is 24.3 Å². The van der Waals surface area contributed by atoms with Crippen LogP contribution < -0.4 is 0 Å². The SMILES string of the molecule is CC.COCC(C)(O)c1ccc(C(C)(O)COC)cc1. The summed E-state index contributed by atoms with van der Waals surface area (Å²) in [5, 5.41) is 20.3. The summed E-state index contributed by atoms with van der Waals surface area (Å²) >= 11 is 0. The van der Waals surface area contributed by atoms with Crippen LogP contribution in [-0.2, 0) is 20.7 Å². The predicted molar refractivity (Wildman–Crippen MR) is 80.7 cm³/mol. The second-order valence-corrected chi connectivity index (χ2v) is 4.99. The van der Waals surface area contributed by atoms with Crippen LogP contribution in [0.25, 0.3) is 0 Å². The first kappa shape index (κ1) is 19.1. The molecule has 1 rings (SSSR count). The molecule has 1 aromatic rings. The first-order valence-electron chi connectivity index (χ1n) is 6.87. The van der Waals surface area contributed by atoms with Crippen LogP contribution in [0.1, 0.15) is 38.8 Å². The molecule has 0 aromatic heterocycles. The Labute approximate surface area is 122 Å². The monoisotopic (exact) mass is 284 g/mol. The number of hydrogen-bond acceptors (Lipinski definition) is 4. The molecule has 0 aliphatic carbocycles. The largest absolute Gasteiger partial charge is 0.383 e. The van der Waals surface area contributed by atoms with Gasteiger partial charge in [-0.3, -0.25) is 0 Å². The van der Waals surface area contributed by atoms with Gasteiger partial charge >= 0.3 is 0 Å². The molecule has 0 saturated carbocycles. The van der Waals surface area contributed by atoms with E-state index in [1.807, 2.05) is 13.8 Å². The van der Waals surface area contributed by atoms with Crippen molar-refractivity contribution >= 4 is 0 Å². The molecule has 0 spiro atoms. The number of rotatable bonds is 6. The van der Waals surface area contributed by atoms with Crippen molar-refractivity contribution in [3.63, 3.8) is 0 Å². The Morgan fingerprint density at radius 2 is 1.05 bits per heavy atom. The van der Waals surface area contributed by atoms with Crippen LogP contribution >= 0.6 is 0 Å². The summed E-state index contributed by atoms with van der Waals surface area (Å²) in [4.78, 5) is 0. The Balaban J connectivity index is 0.00000172. The van der Waals surface area contributed by atoms with Crippen LogP contribution in [0.5, 0.6) is 0 Å². The maximum absolute atomic E-state index is 10.2. The average molecular weight is 284 g/mol. The van der Waals surface area contributed by atoms with E-state index in [4.69, 9.17) is 9.47 Å². The van der Waals surface area contributed by atoms with Gasteiger partial charge in [-0.15, -0.1) is 0 Å². The molecule has 2 N–H and O–H groups in total. The van der Waals surface area contributed by atoms with Crippen LogP contribution in [0.2, 0.25) is 0 Å². The minimum absolute atomic E-state index is 0.223. The normalized spacial score (nSPS) is 16.6. The van der Waals surface area contributed by atoms with Crippen LogP contribution in [-0.4, -0.2) is 37.6 Å². The molecule has 116 valence electrons. The van der Waals surface area contributed by atoms with Gasteiger partial charge in [-0.2, -0.15) is 0 Å². The zero-order valence-electron chi connectivity index (χ0n) is 13.4. The van der Waals surface area contributed by atoms with Crippen molar-refractivity contribution in [3.05, 3.63) is 35.4 Å². The lowest BCUT2D eigenvalue weighted by Gasteiger charge is -2.26. The van der Waals surface area contributed by atoms with Gasteiger partial charge in [0.1, 0.15) is 11.2 Å². The van der Waals surface area contributed by atoms with E-state index < -0.39 is 11.2 Å². The van der Waals surface area contributed by atoms with E-state index in [0.29, 0.717) is 0 Å². The average Bonchev–Trinajstić information content (AvgIpc) is 2.41. The van der Waals surface area contributed by atoms with E-state index in [0.717, 1.165) is 11.1 Å². The fourth-order valence-corrected chi connectivity index (χ4v) is 1.92. The predicted octanol–water partition coefficient (Wildman–Crippen LogP) is 2.42. The number of benzene rings is 1. The fourth-order valence-electron chi connectivity index (χ4n) is 1.92. The van der Waals surface area contributed by atoms with Gasteiger partial charge in [0.2, 0.25) is 0 Å². The van der Waals surface area contributed by atoms with E-state index in [-0.39, 0.29) is 13.2 Å². The lowest BCUT2D eigenvalue weighted by Crippen LogP contribution is -2.29. The molecule has 0 radical (unpaired) electrons. The molecular weight excluding hydrogens is 256 g/mol. The van der Waals surface area contributed by atoms with E-state index >= 15 is 0 Å². The van der Waals surface area contributed by atoms with E-state index in [2.05, 4.69) is 0 Å². The summed E-state index contributed by atoms with van der Waals surface area (Å²) in [7, 11) is 3.10. The molecule has 0 saturated heterocycles. The van der Waals surface area contributed by atoms with Crippen molar-refractivity contribution in [2.24, 2.45) is 0 Å². The molecule has 4 heteroatoms. The van der Waals surface area contributed by atoms with Gasteiger partial charge in [-0.1, -0.05) is 38.1 Å². The molecule has 0 fully saturated rings. The maximum atomic E-state index is 10.2. The molecule has 1 aromatic carbocycles. The molecule has 0 bridgehead atoms. The third kappa shape index (κ3) is 5.21. The summed E-state index contributed by atoms with van der Waals surface area (Å²) in [6.45, 7) is 7.83. The Hall–Kier alpha value is -0.940. The molecule has 0 amide bonds. The van der Waals surface area contributed by atoms with Crippen LogP contribution in [0.3, 0.4) is 0 Å². The van der Waals surface area contributed by atoms with Crippen molar-refractivity contribution < 1.29 is 19.7 Å². The number of hydrogen-bond donors (Lipinski definition) is 2. The smallest absolute Gasteiger partial charge is 0.110 e. The van der Waals surface area contributed by atoms with E-state index in [1.54, 1.807) is 52.3 Å². The highest BCUT2D eigenvalue weighted by molar-refractivity contribution is 5.30. The Morgan fingerprint density at radius 3 is 1.25 bits per heavy atom. The zero-order valence-corrected chi connectivity index (χ0v) is 13.4.